The normalized spacial score (nSPS) is 15.8. The Morgan fingerprint density at radius 1 is 1.61 bits per heavy atom. The zero-order valence-electron chi connectivity index (χ0n) is 11.0. The van der Waals surface area contributed by atoms with Gasteiger partial charge in [-0.3, -0.25) is 4.79 Å². The summed E-state index contributed by atoms with van der Waals surface area (Å²) in [7, 11) is 1.65. The molecule has 1 aromatic rings. The average molecular weight is 315 g/mol. The molecule has 1 fully saturated rings. The Kier molecular flexibility index (Phi) is 3.82. The van der Waals surface area contributed by atoms with Gasteiger partial charge in [0.15, 0.2) is 0 Å². The molecule has 18 heavy (non-hydrogen) atoms. The van der Waals surface area contributed by atoms with Gasteiger partial charge in [0.25, 0.3) is 5.91 Å². The fraction of sp³-hybridized carbons (Fsp3) is 0.615. The zero-order chi connectivity index (χ0) is 13.3. The molecule has 0 saturated heterocycles. The molecule has 0 bridgehead atoms. The van der Waals surface area contributed by atoms with Crippen LogP contribution in [0.2, 0.25) is 0 Å². The third-order valence-electron chi connectivity index (χ3n) is 3.22. The predicted octanol–water partition coefficient (Wildman–Crippen LogP) is 2.74. The summed E-state index contributed by atoms with van der Waals surface area (Å²) < 4.78 is 8.29. The van der Waals surface area contributed by atoms with Gasteiger partial charge in [-0.15, -0.1) is 0 Å². The van der Waals surface area contributed by atoms with Crippen molar-refractivity contribution in [1.82, 2.24) is 9.88 Å². The van der Waals surface area contributed by atoms with E-state index >= 15 is 0 Å². The van der Waals surface area contributed by atoms with Gasteiger partial charge >= 0.3 is 0 Å². The molecule has 0 radical (unpaired) electrons. The van der Waals surface area contributed by atoms with E-state index in [1.54, 1.807) is 7.11 Å². The number of rotatable bonds is 5. The maximum atomic E-state index is 12.2. The first kappa shape index (κ1) is 13.6. The maximum Gasteiger partial charge on any atom is 0.268 e. The van der Waals surface area contributed by atoms with Crippen molar-refractivity contribution in [2.24, 2.45) is 0 Å². The lowest BCUT2D eigenvalue weighted by molar-refractivity contribution is 0.0227. The van der Waals surface area contributed by atoms with Crippen LogP contribution in [0.1, 0.15) is 43.2 Å². The molecular weight excluding hydrogens is 296 g/mol. The van der Waals surface area contributed by atoms with Crippen molar-refractivity contribution in [2.45, 2.75) is 38.3 Å². The van der Waals surface area contributed by atoms with Crippen molar-refractivity contribution in [3.8, 4) is 0 Å². The molecule has 100 valence electrons. The molecule has 1 aliphatic carbocycles. The minimum atomic E-state index is -0.343. The number of hydrogen-bond donors (Lipinski definition) is 1. The molecular formula is C13H19BrN2O2. The van der Waals surface area contributed by atoms with E-state index in [-0.39, 0.29) is 11.5 Å². The Morgan fingerprint density at radius 3 is 2.83 bits per heavy atom. The number of nitrogens with zero attached hydrogens (tertiary/aromatic N) is 1. The van der Waals surface area contributed by atoms with Gasteiger partial charge in [-0.05, 0) is 48.7 Å². The maximum absolute atomic E-state index is 12.2. The van der Waals surface area contributed by atoms with Crippen molar-refractivity contribution >= 4 is 21.8 Å². The van der Waals surface area contributed by atoms with Gasteiger partial charge < -0.3 is 14.6 Å². The minimum absolute atomic E-state index is 0.0438. The SMILES string of the molecule is COC(C)(C)CNC(=O)c1cc(Br)cn1C1CC1. The lowest BCUT2D eigenvalue weighted by Crippen LogP contribution is -2.40. The summed E-state index contributed by atoms with van der Waals surface area (Å²) in [6, 6.07) is 2.36. The van der Waals surface area contributed by atoms with Crippen molar-refractivity contribution in [1.29, 1.82) is 0 Å². The fourth-order valence-electron chi connectivity index (χ4n) is 1.74. The van der Waals surface area contributed by atoms with Gasteiger partial charge in [0, 0.05) is 30.4 Å². The van der Waals surface area contributed by atoms with Crippen LogP contribution in [0.5, 0.6) is 0 Å². The summed E-state index contributed by atoms with van der Waals surface area (Å²) in [6.45, 7) is 4.39. The summed E-state index contributed by atoms with van der Waals surface area (Å²) in [5.74, 6) is -0.0438. The summed E-state index contributed by atoms with van der Waals surface area (Å²) in [6.07, 6.45) is 4.30. The molecule has 4 nitrogen and oxygen atoms in total. The average Bonchev–Trinajstić information content (AvgIpc) is 3.09. The molecule has 1 aromatic heterocycles. The van der Waals surface area contributed by atoms with Crippen LogP contribution < -0.4 is 5.32 Å². The van der Waals surface area contributed by atoms with E-state index in [4.69, 9.17) is 4.74 Å². The first-order valence-electron chi connectivity index (χ1n) is 6.14. The van der Waals surface area contributed by atoms with E-state index in [1.807, 2.05) is 26.1 Å². The lowest BCUT2D eigenvalue weighted by atomic mass is 10.1. The molecule has 0 spiro atoms. The van der Waals surface area contributed by atoms with E-state index < -0.39 is 0 Å². The van der Waals surface area contributed by atoms with E-state index in [0.29, 0.717) is 12.6 Å². The molecule has 1 amide bonds. The molecule has 1 saturated carbocycles. The summed E-state index contributed by atoms with van der Waals surface area (Å²) >= 11 is 3.43. The molecule has 1 heterocycles. The number of halogens is 1. The van der Waals surface area contributed by atoms with Crippen LogP contribution in [0.25, 0.3) is 0 Å². The number of carbonyl (C=O) groups is 1. The largest absolute Gasteiger partial charge is 0.377 e. The lowest BCUT2D eigenvalue weighted by Gasteiger charge is -2.23. The van der Waals surface area contributed by atoms with E-state index in [2.05, 4.69) is 25.8 Å². The molecule has 1 N–H and O–H groups in total. The summed E-state index contributed by atoms with van der Waals surface area (Å²) in [5.41, 5.74) is 0.375. The number of carbonyl (C=O) groups excluding carboxylic acids is 1. The Morgan fingerprint density at radius 2 is 2.28 bits per heavy atom. The van der Waals surface area contributed by atoms with E-state index in [1.165, 1.54) is 0 Å². The molecule has 0 aromatic carbocycles. The molecule has 5 heteroatoms. The van der Waals surface area contributed by atoms with Gasteiger partial charge in [-0.1, -0.05) is 0 Å². The summed E-state index contributed by atoms with van der Waals surface area (Å²) in [4.78, 5) is 12.2. The van der Waals surface area contributed by atoms with Crippen molar-refractivity contribution < 1.29 is 9.53 Å². The van der Waals surface area contributed by atoms with Crippen molar-refractivity contribution in [2.75, 3.05) is 13.7 Å². The van der Waals surface area contributed by atoms with Gasteiger partial charge in [-0.25, -0.2) is 0 Å². The highest BCUT2D eigenvalue weighted by atomic mass is 79.9. The third kappa shape index (κ3) is 3.14. The van der Waals surface area contributed by atoms with Crippen LogP contribution in [0.15, 0.2) is 16.7 Å². The number of ether oxygens (including phenoxy) is 1. The monoisotopic (exact) mass is 314 g/mol. The van der Waals surface area contributed by atoms with Crippen LogP contribution in [0.3, 0.4) is 0 Å². The van der Waals surface area contributed by atoms with E-state index in [9.17, 15) is 4.79 Å². The topological polar surface area (TPSA) is 43.3 Å². The van der Waals surface area contributed by atoms with E-state index in [0.717, 1.165) is 23.0 Å². The molecule has 1 aliphatic rings. The summed E-state index contributed by atoms with van der Waals surface area (Å²) in [5, 5.41) is 2.92. The van der Waals surface area contributed by atoms with Crippen molar-refractivity contribution in [3.63, 3.8) is 0 Å². The molecule has 0 aliphatic heterocycles. The van der Waals surface area contributed by atoms with Crippen LogP contribution in [0, 0.1) is 0 Å². The molecule has 2 rings (SSSR count). The first-order valence-corrected chi connectivity index (χ1v) is 6.93. The fourth-order valence-corrected chi connectivity index (χ4v) is 2.18. The zero-order valence-corrected chi connectivity index (χ0v) is 12.6. The van der Waals surface area contributed by atoms with Gasteiger partial charge in [0.05, 0.1) is 5.60 Å². The van der Waals surface area contributed by atoms with Gasteiger partial charge in [0.1, 0.15) is 5.69 Å². The Labute approximate surface area is 116 Å². The first-order chi connectivity index (χ1) is 8.43. The third-order valence-corrected chi connectivity index (χ3v) is 3.65. The second-order valence-electron chi connectivity index (χ2n) is 5.33. The Hall–Kier alpha value is -0.810. The number of nitrogens with one attached hydrogen (secondary N) is 1. The highest BCUT2D eigenvalue weighted by molar-refractivity contribution is 9.10. The second-order valence-corrected chi connectivity index (χ2v) is 6.24. The minimum Gasteiger partial charge on any atom is -0.377 e. The predicted molar refractivity (Wildman–Crippen MR) is 73.8 cm³/mol. The number of aromatic nitrogens is 1. The number of methoxy groups -OCH3 is 1. The Bertz CT molecular complexity index is 450. The number of amides is 1. The standard InChI is InChI=1S/C13H19BrN2O2/c1-13(2,18-3)8-15-12(17)11-6-9(14)7-16(11)10-4-5-10/h6-7,10H,4-5,8H2,1-3H3,(H,15,17). The number of hydrogen-bond acceptors (Lipinski definition) is 2. The van der Waals surface area contributed by atoms with Crippen LogP contribution in [-0.4, -0.2) is 29.7 Å². The van der Waals surface area contributed by atoms with Crippen molar-refractivity contribution in [3.05, 3.63) is 22.4 Å². The smallest absolute Gasteiger partial charge is 0.268 e. The van der Waals surface area contributed by atoms with Crippen LogP contribution >= 0.6 is 15.9 Å². The highest BCUT2D eigenvalue weighted by Gasteiger charge is 2.28. The Balaban J connectivity index is 2.04. The second kappa shape index (κ2) is 5.05. The quantitative estimate of drug-likeness (QED) is 0.908. The van der Waals surface area contributed by atoms with Gasteiger partial charge in [-0.2, -0.15) is 0 Å². The van der Waals surface area contributed by atoms with Gasteiger partial charge in [0.2, 0.25) is 0 Å². The molecule has 0 atom stereocenters. The highest BCUT2D eigenvalue weighted by Crippen LogP contribution is 2.37. The van der Waals surface area contributed by atoms with Crippen LogP contribution in [-0.2, 0) is 4.74 Å². The van der Waals surface area contributed by atoms with Crippen LogP contribution in [0.4, 0.5) is 0 Å². The molecule has 0 unspecified atom stereocenters.